The fourth-order valence-electron chi connectivity index (χ4n) is 5.09. The molecule has 8 heteroatoms. The smallest absolute Gasteiger partial charge is 0.243 e. The predicted octanol–water partition coefficient (Wildman–Crippen LogP) is 5.93. The Balaban J connectivity index is 0.00000185. The van der Waals surface area contributed by atoms with E-state index < -0.39 is 6.04 Å². The van der Waals surface area contributed by atoms with Crippen LogP contribution in [0, 0.1) is 5.92 Å². The molecule has 0 aliphatic carbocycles. The van der Waals surface area contributed by atoms with E-state index in [1.807, 2.05) is 62.4 Å². The van der Waals surface area contributed by atoms with Crippen LogP contribution in [-0.4, -0.2) is 47.2 Å². The molecule has 4 aromatic rings. The number of nitrogens with one attached hydrogen (secondary N) is 3. The lowest BCUT2D eigenvalue weighted by atomic mass is 9.97. The minimum atomic E-state index is -0.564. The molecule has 246 valence electrons. The molecule has 1 aromatic heterocycles. The first kappa shape index (κ1) is 36.4. The summed E-state index contributed by atoms with van der Waals surface area (Å²) in [5, 5.41) is 19.6. The van der Waals surface area contributed by atoms with Crippen LogP contribution >= 0.6 is 0 Å². The Hall–Kier alpha value is -4.11. The zero-order chi connectivity index (χ0) is 33.0. The second kappa shape index (κ2) is 20.8. The Labute approximate surface area is 274 Å². The molecule has 46 heavy (non-hydrogen) atoms. The summed E-state index contributed by atoms with van der Waals surface area (Å²) in [5.74, 6) is -0.230. The standard InChI is InChI=1S/C36H44N4O3.C2H6O/c1-3-27(2)35(36(42)39-24-28-11-5-4-6-12-28)40-34(41)18-10-16-32(38-23-29-19-21-37-22-20-29)26-43-25-31-15-9-14-30-13-7-8-17-33(30)31;1-2-3/h4-9,11-15,17,19-22,27,32,35,38H,3,10,16,18,23-26H2,1-2H3,(H,39,42)(H,40,41);3H,2H2,1H3. The zero-order valence-electron chi connectivity index (χ0n) is 27.5. The molecule has 8 nitrogen and oxygen atoms in total. The molecule has 2 amide bonds. The molecular weight excluding hydrogens is 576 g/mol. The van der Waals surface area contributed by atoms with E-state index in [0.717, 1.165) is 29.5 Å². The summed E-state index contributed by atoms with van der Waals surface area (Å²) >= 11 is 0. The maximum absolute atomic E-state index is 13.0. The van der Waals surface area contributed by atoms with E-state index in [9.17, 15) is 9.59 Å². The Morgan fingerprint density at radius 2 is 1.54 bits per heavy atom. The van der Waals surface area contributed by atoms with E-state index in [1.165, 1.54) is 10.8 Å². The van der Waals surface area contributed by atoms with Crippen molar-refractivity contribution in [3.8, 4) is 0 Å². The molecule has 1 heterocycles. The van der Waals surface area contributed by atoms with Gasteiger partial charge in [0.05, 0.1) is 13.2 Å². The molecule has 4 rings (SSSR count). The van der Waals surface area contributed by atoms with Crippen LogP contribution in [0.2, 0.25) is 0 Å². The highest BCUT2D eigenvalue weighted by atomic mass is 16.5. The largest absolute Gasteiger partial charge is 0.397 e. The lowest BCUT2D eigenvalue weighted by molar-refractivity contribution is -0.130. The monoisotopic (exact) mass is 626 g/mol. The van der Waals surface area contributed by atoms with Crippen molar-refractivity contribution in [2.75, 3.05) is 13.2 Å². The number of nitrogens with zero attached hydrogens (tertiary/aromatic N) is 1. The van der Waals surface area contributed by atoms with Crippen molar-refractivity contribution in [2.45, 2.75) is 78.2 Å². The highest BCUT2D eigenvalue weighted by molar-refractivity contribution is 5.88. The van der Waals surface area contributed by atoms with Crippen LogP contribution in [0.1, 0.15) is 63.1 Å². The van der Waals surface area contributed by atoms with Crippen LogP contribution in [0.4, 0.5) is 0 Å². The summed E-state index contributed by atoms with van der Waals surface area (Å²) < 4.78 is 6.21. The number of hydrogen-bond acceptors (Lipinski definition) is 6. The summed E-state index contributed by atoms with van der Waals surface area (Å²) in [7, 11) is 0. The van der Waals surface area contributed by atoms with Crippen molar-refractivity contribution in [1.82, 2.24) is 20.9 Å². The summed E-state index contributed by atoms with van der Waals surface area (Å²) in [6, 6.07) is 27.9. The number of aliphatic hydroxyl groups excluding tert-OH is 1. The fraction of sp³-hybridized carbons (Fsp3) is 0.395. The quantitative estimate of drug-likeness (QED) is 0.116. The van der Waals surface area contributed by atoms with Crippen molar-refractivity contribution in [3.63, 3.8) is 0 Å². The molecule has 0 saturated carbocycles. The highest BCUT2D eigenvalue weighted by Crippen LogP contribution is 2.19. The molecule has 0 aliphatic rings. The van der Waals surface area contributed by atoms with Crippen LogP contribution in [0.25, 0.3) is 10.8 Å². The third kappa shape index (κ3) is 12.7. The third-order valence-electron chi connectivity index (χ3n) is 7.88. The molecule has 0 saturated heterocycles. The van der Waals surface area contributed by atoms with Crippen molar-refractivity contribution in [2.24, 2.45) is 5.92 Å². The molecule has 3 atom stereocenters. The van der Waals surface area contributed by atoms with Gasteiger partial charge in [0.1, 0.15) is 6.04 Å². The SMILES string of the molecule is CCC(C)C(NC(=O)CCCC(COCc1cccc2ccccc12)NCc1ccncc1)C(=O)NCc1ccccc1.CCO. The van der Waals surface area contributed by atoms with Gasteiger partial charge in [0, 0.05) is 44.6 Å². The van der Waals surface area contributed by atoms with Crippen LogP contribution in [-0.2, 0) is 34.0 Å². The molecule has 0 bridgehead atoms. The Kier molecular flexibility index (Phi) is 16.5. The van der Waals surface area contributed by atoms with E-state index in [2.05, 4.69) is 57.3 Å². The Morgan fingerprint density at radius 3 is 2.28 bits per heavy atom. The number of aliphatic hydroxyl groups is 1. The lowest BCUT2D eigenvalue weighted by Gasteiger charge is -2.24. The van der Waals surface area contributed by atoms with Crippen molar-refractivity contribution in [3.05, 3.63) is 114 Å². The van der Waals surface area contributed by atoms with Gasteiger partial charge in [-0.3, -0.25) is 14.6 Å². The van der Waals surface area contributed by atoms with Gasteiger partial charge in [0.25, 0.3) is 0 Å². The Bertz CT molecular complexity index is 1430. The molecule has 3 unspecified atom stereocenters. The fourth-order valence-corrected chi connectivity index (χ4v) is 5.09. The highest BCUT2D eigenvalue weighted by Gasteiger charge is 2.25. The molecular formula is C38H50N4O4. The van der Waals surface area contributed by atoms with E-state index >= 15 is 0 Å². The minimum absolute atomic E-state index is 0.0250. The van der Waals surface area contributed by atoms with Gasteiger partial charge in [0.2, 0.25) is 11.8 Å². The van der Waals surface area contributed by atoms with Crippen molar-refractivity contribution in [1.29, 1.82) is 0 Å². The average molecular weight is 627 g/mol. The molecule has 0 aliphatic heterocycles. The summed E-state index contributed by atoms with van der Waals surface area (Å²) in [5.41, 5.74) is 3.33. The van der Waals surface area contributed by atoms with Gasteiger partial charge in [-0.1, -0.05) is 93.1 Å². The van der Waals surface area contributed by atoms with Gasteiger partial charge in [-0.2, -0.15) is 0 Å². The summed E-state index contributed by atoms with van der Waals surface area (Å²) in [4.78, 5) is 30.1. The summed E-state index contributed by atoms with van der Waals surface area (Å²) in [6.07, 6.45) is 6.15. The maximum Gasteiger partial charge on any atom is 0.243 e. The number of benzene rings is 3. The maximum atomic E-state index is 13.0. The molecule has 3 aromatic carbocycles. The van der Waals surface area contributed by atoms with Crippen LogP contribution in [0.3, 0.4) is 0 Å². The second-order valence-electron chi connectivity index (χ2n) is 11.4. The van der Waals surface area contributed by atoms with E-state index in [4.69, 9.17) is 9.84 Å². The number of carbonyl (C=O) groups is 2. The van der Waals surface area contributed by atoms with Crippen molar-refractivity contribution >= 4 is 22.6 Å². The van der Waals surface area contributed by atoms with Gasteiger partial charge < -0.3 is 25.8 Å². The molecule has 0 spiro atoms. The van der Waals surface area contributed by atoms with E-state index in [1.54, 1.807) is 19.3 Å². The second-order valence-corrected chi connectivity index (χ2v) is 11.4. The van der Waals surface area contributed by atoms with Crippen LogP contribution in [0.15, 0.2) is 97.3 Å². The zero-order valence-corrected chi connectivity index (χ0v) is 27.5. The molecule has 4 N–H and O–H groups in total. The predicted molar refractivity (Wildman–Crippen MR) is 185 cm³/mol. The van der Waals surface area contributed by atoms with Gasteiger partial charge in [-0.15, -0.1) is 0 Å². The number of amides is 2. The number of hydrogen-bond donors (Lipinski definition) is 4. The number of pyridine rings is 1. The Morgan fingerprint density at radius 1 is 0.870 bits per heavy atom. The van der Waals surface area contributed by atoms with Gasteiger partial charge in [-0.05, 0) is 65.3 Å². The number of ether oxygens (including phenoxy) is 1. The van der Waals surface area contributed by atoms with Gasteiger partial charge >= 0.3 is 0 Å². The topological polar surface area (TPSA) is 113 Å². The lowest BCUT2D eigenvalue weighted by Crippen LogP contribution is -2.50. The first-order valence-corrected chi connectivity index (χ1v) is 16.3. The van der Waals surface area contributed by atoms with Crippen LogP contribution in [0.5, 0.6) is 0 Å². The third-order valence-corrected chi connectivity index (χ3v) is 7.88. The van der Waals surface area contributed by atoms with E-state index in [0.29, 0.717) is 39.1 Å². The number of carbonyl (C=O) groups excluding carboxylic acids is 2. The normalized spacial score (nSPS) is 12.8. The molecule has 0 radical (unpaired) electrons. The van der Waals surface area contributed by atoms with Crippen LogP contribution < -0.4 is 16.0 Å². The molecule has 0 fully saturated rings. The average Bonchev–Trinajstić information content (AvgIpc) is 3.09. The summed E-state index contributed by atoms with van der Waals surface area (Å²) in [6.45, 7) is 8.13. The van der Waals surface area contributed by atoms with E-state index in [-0.39, 0.29) is 30.4 Å². The first-order valence-electron chi connectivity index (χ1n) is 16.3. The van der Waals surface area contributed by atoms with Crippen molar-refractivity contribution < 1.29 is 19.4 Å². The van der Waals surface area contributed by atoms with Gasteiger partial charge in [0.15, 0.2) is 0 Å². The minimum Gasteiger partial charge on any atom is -0.397 e. The number of rotatable bonds is 17. The first-order chi connectivity index (χ1) is 22.4. The number of fused-ring (bicyclic) bond motifs is 1. The number of aromatic nitrogens is 1. The van der Waals surface area contributed by atoms with Gasteiger partial charge in [-0.25, -0.2) is 0 Å².